The lowest BCUT2D eigenvalue weighted by Gasteiger charge is -2.36. The fourth-order valence-electron chi connectivity index (χ4n) is 5.06. The van der Waals surface area contributed by atoms with Crippen molar-refractivity contribution in [2.45, 2.75) is 11.8 Å². The monoisotopic (exact) mass is 522 g/mol. The van der Waals surface area contributed by atoms with Gasteiger partial charge in [0.25, 0.3) is 0 Å². The molecule has 5 rings (SSSR count). The first-order valence-corrected chi connectivity index (χ1v) is 14.2. The second-order valence-corrected chi connectivity index (χ2v) is 11.6. The molecule has 4 aromatic rings. The van der Waals surface area contributed by atoms with Crippen molar-refractivity contribution in [1.29, 1.82) is 0 Å². The van der Waals surface area contributed by atoms with Crippen LogP contribution in [0.2, 0.25) is 0 Å². The first-order chi connectivity index (χ1) is 17.7. The summed E-state index contributed by atoms with van der Waals surface area (Å²) in [6.45, 7) is 5.76. The zero-order valence-corrected chi connectivity index (χ0v) is 22.1. The first kappa shape index (κ1) is 25.4. The molecule has 0 radical (unpaired) electrons. The molecule has 0 unspecified atom stereocenters. The number of aromatic nitrogens is 2. The molecule has 2 aromatic heterocycles. The Bertz CT molecular complexity index is 1560. The Morgan fingerprint density at radius 1 is 0.973 bits per heavy atom. The molecule has 2 aromatic carbocycles. The van der Waals surface area contributed by atoms with Gasteiger partial charge in [-0.3, -0.25) is 9.88 Å². The van der Waals surface area contributed by atoms with Crippen molar-refractivity contribution in [2.75, 3.05) is 50.5 Å². The highest BCUT2D eigenvalue weighted by atomic mass is 32.2. The van der Waals surface area contributed by atoms with E-state index in [1.54, 1.807) is 18.2 Å². The van der Waals surface area contributed by atoms with Gasteiger partial charge in [-0.25, -0.2) is 12.8 Å². The third-order valence-corrected chi connectivity index (χ3v) is 8.31. The molecule has 0 atom stereocenters. The lowest BCUT2D eigenvalue weighted by Crippen LogP contribution is -2.47. The van der Waals surface area contributed by atoms with Crippen LogP contribution in [-0.2, 0) is 16.9 Å². The number of pyridine rings is 1. The summed E-state index contributed by atoms with van der Waals surface area (Å²) in [5.74, 6) is -0.272. The number of rotatable bonds is 6. The highest BCUT2D eigenvalue weighted by Gasteiger charge is 2.20. The molecular formula is C28H31FN4O3S. The second kappa shape index (κ2) is 9.89. The fourth-order valence-corrected chi connectivity index (χ4v) is 5.69. The van der Waals surface area contributed by atoms with E-state index >= 15 is 4.39 Å². The van der Waals surface area contributed by atoms with Crippen molar-refractivity contribution in [3.05, 3.63) is 66.1 Å². The molecule has 9 heteroatoms. The van der Waals surface area contributed by atoms with Crippen molar-refractivity contribution in [1.82, 2.24) is 14.5 Å². The summed E-state index contributed by atoms with van der Waals surface area (Å²) in [5.41, 5.74) is 5.65. The Kier molecular flexibility index (Phi) is 6.78. The number of fused-ring (bicyclic) bond motifs is 1. The Morgan fingerprint density at radius 2 is 1.65 bits per heavy atom. The number of piperazine rings is 1. The number of benzene rings is 2. The number of β-amino-alcohol motifs (C(OH)–C–C–N with tert-alkyl or cyclic N) is 1. The van der Waals surface area contributed by atoms with Gasteiger partial charge in [-0.15, -0.1) is 0 Å². The van der Waals surface area contributed by atoms with Crippen LogP contribution in [0.25, 0.3) is 33.4 Å². The van der Waals surface area contributed by atoms with Gasteiger partial charge >= 0.3 is 0 Å². The standard InChI is InChI=1S/C28H31FN4O3S/c1-19-23-17-27(20-4-7-22(8-5-20)37(3,35)36)31(2)28(23)18-25(30-19)21-6-9-26(24(29)16-21)33-12-10-32(11-13-33)14-15-34/h4-9,16-18,34H,10-15H2,1-3H3. The number of anilines is 1. The van der Waals surface area contributed by atoms with Gasteiger partial charge in [0.2, 0.25) is 0 Å². The topological polar surface area (TPSA) is 78.7 Å². The van der Waals surface area contributed by atoms with E-state index in [1.165, 1.54) is 6.26 Å². The summed E-state index contributed by atoms with van der Waals surface area (Å²) < 4.78 is 40.9. The van der Waals surface area contributed by atoms with Crippen LogP contribution in [0.4, 0.5) is 10.1 Å². The van der Waals surface area contributed by atoms with Gasteiger partial charge in [-0.05, 0) is 48.9 Å². The summed E-state index contributed by atoms with van der Waals surface area (Å²) in [4.78, 5) is 9.29. The van der Waals surface area contributed by atoms with Crippen LogP contribution in [0.15, 0.2) is 59.5 Å². The highest BCUT2D eigenvalue weighted by Crippen LogP contribution is 2.33. The predicted molar refractivity (Wildman–Crippen MR) is 145 cm³/mol. The average Bonchev–Trinajstić information content (AvgIpc) is 3.21. The number of sulfone groups is 1. The number of halogens is 1. The molecule has 0 bridgehead atoms. The molecule has 1 aliphatic rings. The molecule has 0 amide bonds. The Labute approximate surface area is 216 Å². The van der Waals surface area contributed by atoms with E-state index in [9.17, 15) is 8.42 Å². The Morgan fingerprint density at radius 3 is 2.27 bits per heavy atom. The molecule has 0 aliphatic carbocycles. The smallest absolute Gasteiger partial charge is 0.175 e. The van der Waals surface area contributed by atoms with E-state index in [-0.39, 0.29) is 17.3 Å². The minimum atomic E-state index is -3.26. The van der Waals surface area contributed by atoms with E-state index < -0.39 is 9.84 Å². The van der Waals surface area contributed by atoms with Crippen molar-refractivity contribution in [3.63, 3.8) is 0 Å². The van der Waals surface area contributed by atoms with E-state index in [4.69, 9.17) is 10.1 Å². The molecule has 7 nitrogen and oxygen atoms in total. The molecule has 1 N–H and O–H groups in total. The van der Waals surface area contributed by atoms with Crippen LogP contribution in [0.5, 0.6) is 0 Å². The maximum atomic E-state index is 15.2. The molecule has 3 heterocycles. The van der Waals surface area contributed by atoms with E-state index in [0.29, 0.717) is 23.5 Å². The number of hydrogen-bond acceptors (Lipinski definition) is 6. The zero-order valence-electron chi connectivity index (χ0n) is 21.3. The van der Waals surface area contributed by atoms with Crippen LogP contribution in [0.1, 0.15) is 5.69 Å². The second-order valence-electron chi connectivity index (χ2n) is 9.63. The fraction of sp³-hybridized carbons (Fsp3) is 0.321. The van der Waals surface area contributed by atoms with Crippen LogP contribution in [-0.4, -0.2) is 73.6 Å². The third-order valence-electron chi connectivity index (χ3n) is 7.18. The minimum absolute atomic E-state index is 0.137. The first-order valence-electron chi connectivity index (χ1n) is 12.3. The number of aryl methyl sites for hydroxylation is 2. The number of aliphatic hydroxyl groups excluding tert-OH is 1. The molecule has 1 saturated heterocycles. The van der Waals surface area contributed by atoms with Crippen molar-refractivity contribution in [3.8, 4) is 22.5 Å². The molecule has 1 fully saturated rings. The Balaban J connectivity index is 1.45. The van der Waals surface area contributed by atoms with E-state index in [2.05, 4.69) is 15.5 Å². The van der Waals surface area contributed by atoms with Gasteiger partial charge in [0.1, 0.15) is 5.82 Å². The van der Waals surface area contributed by atoms with Gasteiger partial charge in [-0.1, -0.05) is 18.2 Å². The predicted octanol–water partition coefficient (Wildman–Crippen LogP) is 3.87. The average molecular weight is 523 g/mol. The SMILES string of the molecule is Cc1nc(-c2ccc(N3CCN(CCO)CC3)c(F)c2)cc2c1cc(-c1ccc(S(C)(=O)=O)cc1)n2C. The minimum Gasteiger partial charge on any atom is -0.395 e. The summed E-state index contributed by atoms with van der Waals surface area (Å²) in [5, 5.41) is 10.1. The van der Waals surface area contributed by atoms with E-state index in [0.717, 1.165) is 54.0 Å². The normalized spacial score (nSPS) is 15.0. The zero-order chi connectivity index (χ0) is 26.3. The summed E-state index contributed by atoms with van der Waals surface area (Å²) in [6, 6.07) is 16.2. The molecule has 1 aliphatic heterocycles. The number of hydrogen-bond donors (Lipinski definition) is 1. The summed E-state index contributed by atoms with van der Waals surface area (Å²) >= 11 is 0. The third kappa shape index (κ3) is 4.99. The van der Waals surface area contributed by atoms with Crippen molar-refractivity contribution < 1.29 is 17.9 Å². The van der Waals surface area contributed by atoms with Crippen LogP contribution in [0.3, 0.4) is 0 Å². The largest absolute Gasteiger partial charge is 0.395 e. The van der Waals surface area contributed by atoms with Crippen LogP contribution >= 0.6 is 0 Å². The summed E-state index contributed by atoms with van der Waals surface area (Å²) in [6.07, 6.45) is 1.20. The molecule has 194 valence electrons. The van der Waals surface area contributed by atoms with Gasteiger partial charge in [0.05, 0.1) is 28.4 Å². The lowest BCUT2D eigenvalue weighted by molar-refractivity contribution is 0.188. The van der Waals surface area contributed by atoms with Gasteiger partial charge in [0, 0.05) is 68.4 Å². The number of aliphatic hydroxyl groups is 1. The van der Waals surface area contributed by atoms with Gasteiger partial charge in [0.15, 0.2) is 9.84 Å². The van der Waals surface area contributed by atoms with Crippen molar-refractivity contribution in [2.24, 2.45) is 7.05 Å². The molecular weight excluding hydrogens is 491 g/mol. The molecule has 37 heavy (non-hydrogen) atoms. The van der Waals surface area contributed by atoms with Gasteiger partial charge in [-0.2, -0.15) is 0 Å². The summed E-state index contributed by atoms with van der Waals surface area (Å²) in [7, 11) is -1.30. The maximum absolute atomic E-state index is 15.2. The highest BCUT2D eigenvalue weighted by molar-refractivity contribution is 7.90. The van der Waals surface area contributed by atoms with Crippen LogP contribution < -0.4 is 4.90 Å². The molecule has 0 spiro atoms. The van der Waals surface area contributed by atoms with E-state index in [1.807, 2.05) is 49.2 Å². The maximum Gasteiger partial charge on any atom is 0.175 e. The van der Waals surface area contributed by atoms with Crippen LogP contribution in [0, 0.1) is 12.7 Å². The van der Waals surface area contributed by atoms with Crippen molar-refractivity contribution >= 4 is 26.4 Å². The lowest BCUT2D eigenvalue weighted by atomic mass is 10.1. The quantitative estimate of drug-likeness (QED) is 0.414. The molecule has 0 saturated carbocycles. The Hall–Kier alpha value is -3.27. The van der Waals surface area contributed by atoms with Gasteiger partial charge < -0.3 is 14.6 Å². The number of nitrogens with zero attached hydrogens (tertiary/aromatic N) is 4.